The van der Waals surface area contributed by atoms with Crippen molar-refractivity contribution in [2.75, 3.05) is 12.4 Å². The second-order valence-corrected chi connectivity index (χ2v) is 3.57. The normalized spacial score (nSPS) is 12.5. The Balaban J connectivity index is 3.52. The van der Waals surface area contributed by atoms with Gasteiger partial charge in [-0.25, -0.2) is 0 Å². The molecule has 0 radical (unpaired) electrons. The number of ether oxygens (including phenoxy) is 1. The predicted octanol–water partition coefficient (Wildman–Crippen LogP) is 2.68. The van der Waals surface area contributed by atoms with Gasteiger partial charge in [-0.2, -0.15) is 12.6 Å². The van der Waals surface area contributed by atoms with Gasteiger partial charge in [-0.05, 0) is 12.3 Å². The number of carbonyl (C=O) groups excluding carboxylic acids is 1. The lowest BCUT2D eigenvalue weighted by Gasteiger charge is -2.13. The van der Waals surface area contributed by atoms with Gasteiger partial charge in [0.25, 0.3) is 0 Å². The second-order valence-electron chi connectivity index (χ2n) is 3.26. The molecule has 78 valence electrons. The minimum atomic E-state index is -0.210. The SMILES string of the molecule is CCCC[C@@H](CC)COC(=O)CS. The predicted molar refractivity (Wildman–Crippen MR) is 58.1 cm³/mol. The molecule has 0 unspecified atom stereocenters. The summed E-state index contributed by atoms with van der Waals surface area (Å²) in [7, 11) is 0. The van der Waals surface area contributed by atoms with Gasteiger partial charge in [0.2, 0.25) is 0 Å². The number of carbonyl (C=O) groups is 1. The highest BCUT2D eigenvalue weighted by atomic mass is 32.1. The van der Waals surface area contributed by atoms with Gasteiger partial charge in [0.1, 0.15) is 0 Å². The number of thiol groups is 1. The highest BCUT2D eigenvalue weighted by molar-refractivity contribution is 7.81. The van der Waals surface area contributed by atoms with E-state index in [4.69, 9.17) is 4.74 Å². The van der Waals surface area contributed by atoms with Crippen LogP contribution in [0.25, 0.3) is 0 Å². The number of hydrogen-bond acceptors (Lipinski definition) is 3. The molecule has 0 aromatic rings. The van der Waals surface area contributed by atoms with Crippen LogP contribution in [0.2, 0.25) is 0 Å². The second kappa shape index (κ2) is 8.42. The van der Waals surface area contributed by atoms with Crippen molar-refractivity contribution < 1.29 is 9.53 Å². The molecule has 0 aromatic heterocycles. The minimum Gasteiger partial charge on any atom is -0.465 e. The van der Waals surface area contributed by atoms with Gasteiger partial charge in [-0.3, -0.25) is 4.79 Å². The third kappa shape index (κ3) is 6.94. The molecule has 0 spiro atoms. The zero-order chi connectivity index (χ0) is 10.1. The van der Waals surface area contributed by atoms with Gasteiger partial charge in [-0.15, -0.1) is 0 Å². The molecule has 0 bridgehead atoms. The first-order valence-corrected chi connectivity index (χ1v) is 5.64. The Bertz CT molecular complexity index is 137. The van der Waals surface area contributed by atoms with Crippen molar-refractivity contribution >= 4 is 18.6 Å². The molecule has 3 heteroatoms. The minimum absolute atomic E-state index is 0.185. The van der Waals surface area contributed by atoms with E-state index in [9.17, 15) is 4.79 Å². The molecule has 1 atom stereocenters. The molecule has 0 aromatic carbocycles. The Morgan fingerprint density at radius 1 is 1.46 bits per heavy atom. The van der Waals surface area contributed by atoms with Gasteiger partial charge < -0.3 is 4.74 Å². The Morgan fingerprint density at radius 3 is 2.62 bits per heavy atom. The van der Waals surface area contributed by atoms with Crippen LogP contribution in [0.4, 0.5) is 0 Å². The van der Waals surface area contributed by atoms with E-state index < -0.39 is 0 Å². The van der Waals surface area contributed by atoms with Gasteiger partial charge in [-0.1, -0.05) is 33.1 Å². The summed E-state index contributed by atoms with van der Waals surface area (Å²) >= 11 is 3.84. The van der Waals surface area contributed by atoms with E-state index >= 15 is 0 Å². The molecule has 0 amide bonds. The average molecular weight is 204 g/mol. The third-order valence-electron chi connectivity index (χ3n) is 2.15. The number of esters is 1. The lowest BCUT2D eigenvalue weighted by Crippen LogP contribution is -2.14. The Hall–Kier alpha value is -0.180. The third-order valence-corrected chi connectivity index (χ3v) is 2.41. The van der Waals surface area contributed by atoms with Gasteiger partial charge in [0.15, 0.2) is 0 Å². The Morgan fingerprint density at radius 2 is 2.15 bits per heavy atom. The van der Waals surface area contributed by atoms with Crippen molar-refractivity contribution in [1.82, 2.24) is 0 Å². The van der Waals surface area contributed by atoms with E-state index in [1.54, 1.807) is 0 Å². The standard InChI is InChI=1S/C10H20O2S/c1-3-5-6-9(4-2)7-12-10(11)8-13/h9,13H,3-8H2,1-2H3/t9-/m1/s1. The molecule has 0 N–H and O–H groups in total. The van der Waals surface area contributed by atoms with Crippen LogP contribution >= 0.6 is 12.6 Å². The Kier molecular flexibility index (Phi) is 8.30. The summed E-state index contributed by atoms with van der Waals surface area (Å²) in [6.07, 6.45) is 4.67. The summed E-state index contributed by atoms with van der Waals surface area (Å²) < 4.78 is 5.03. The largest absolute Gasteiger partial charge is 0.465 e. The lowest BCUT2D eigenvalue weighted by molar-refractivity contribution is -0.141. The quantitative estimate of drug-likeness (QED) is 0.510. The first kappa shape index (κ1) is 12.8. The van der Waals surface area contributed by atoms with Crippen molar-refractivity contribution in [2.24, 2.45) is 5.92 Å². The molecular formula is C10H20O2S. The average Bonchev–Trinajstić information content (AvgIpc) is 2.17. The molecule has 0 aliphatic carbocycles. The highest BCUT2D eigenvalue weighted by Crippen LogP contribution is 2.12. The van der Waals surface area contributed by atoms with Crippen LogP contribution in [-0.4, -0.2) is 18.3 Å². The number of hydrogen-bond donors (Lipinski definition) is 1. The lowest BCUT2D eigenvalue weighted by atomic mass is 10.0. The topological polar surface area (TPSA) is 26.3 Å². The molecule has 13 heavy (non-hydrogen) atoms. The summed E-state index contributed by atoms with van der Waals surface area (Å²) in [5.41, 5.74) is 0. The summed E-state index contributed by atoms with van der Waals surface area (Å²) in [5, 5.41) is 0. The fourth-order valence-corrected chi connectivity index (χ4v) is 1.25. The molecule has 0 saturated heterocycles. The maximum Gasteiger partial charge on any atom is 0.315 e. The maximum atomic E-state index is 10.8. The summed E-state index contributed by atoms with van der Waals surface area (Å²) in [4.78, 5) is 10.8. The molecule has 0 heterocycles. The molecule has 0 aliphatic rings. The van der Waals surface area contributed by atoms with E-state index in [1.807, 2.05) is 0 Å². The van der Waals surface area contributed by atoms with Crippen LogP contribution in [0.1, 0.15) is 39.5 Å². The van der Waals surface area contributed by atoms with E-state index in [1.165, 1.54) is 12.8 Å². The van der Waals surface area contributed by atoms with Crippen molar-refractivity contribution in [2.45, 2.75) is 39.5 Å². The monoisotopic (exact) mass is 204 g/mol. The molecule has 0 fully saturated rings. The molecule has 0 rings (SSSR count). The van der Waals surface area contributed by atoms with Crippen molar-refractivity contribution in [3.8, 4) is 0 Å². The van der Waals surface area contributed by atoms with Crippen LogP contribution in [0.3, 0.4) is 0 Å². The van der Waals surface area contributed by atoms with Crippen molar-refractivity contribution in [3.63, 3.8) is 0 Å². The fourth-order valence-electron chi connectivity index (χ4n) is 1.15. The number of unbranched alkanes of at least 4 members (excludes halogenated alkanes) is 1. The smallest absolute Gasteiger partial charge is 0.315 e. The Labute approximate surface area is 86.5 Å². The molecular weight excluding hydrogens is 184 g/mol. The van der Waals surface area contributed by atoms with Crippen LogP contribution in [0.5, 0.6) is 0 Å². The zero-order valence-electron chi connectivity index (χ0n) is 8.58. The van der Waals surface area contributed by atoms with E-state index in [-0.39, 0.29) is 11.7 Å². The zero-order valence-corrected chi connectivity index (χ0v) is 9.48. The summed E-state index contributed by atoms with van der Waals surface area (Å²) in [5.74, 6) is 0.506. The van der Waals surface area contributed by atoms with Crippen LogP contribution < -0.4 is 0 Å². The van der Waals surface area contributed by atoms with Gasteiger partial charge in [0.05, 0.1) is 12.4 Å². The highest BCUT2D eigenvalue weighted by Gasteiger charge is 2.08. The van der Waals surface area contributed by atoms with E-state index in [0.717, 1.165) is 12.8 Å². The van der Waals surface area contributed by atoms with Crippen LogP contribution in [0, 0.1) is 5.92 Å². The van der Waals surface area contributed by atoms with Crippen molar-refractivity contribution in [1.29, 1.82) is 0 Å². The molecule has 0 saturated carbocycles. The molecule has 2 nitrogen and oxygen atoms in total. The van der Waals surface area contributed by atoms with E-state index in [2.05, 4.69) is 26.5 Å². The maximum absolute atomic E-state index is 10.8. The van der Waals surface area contributed by atoms with Gasteiger partial charge >= 0.3 is 5.97 Å². The van der Waals surface area contributed by atoms with Gasteiger partial charge in [0, 0.05) is 0 Å². The van der Waals surface area contributed by atoms with Crippen molar-refractivity contribution in [3.05, 3.63) is 0 Å². The molecule has 0 aliphatic heterocycles. The summed E-state index contributed by atoms with van der Waals surface area (Å²) in [6, 6.07) is 0. The summed E-state index contributed by atoms with van der Waals surface area (Å²) in [6.45, 7) is 4.87. The van der Waals surface area contributed by atoms with Crippen LogP contribution in [0.15, 0.2) is 0 Å². The first-order valence-electron chi connectivity index (χ1n) is 5.01. The number of rotatable bonds is 7. The first-order chi connectivity index (χ1) is 6.24. The van der Waals surface area contributed by atoms with E-state index in [0.29, 0.717) is 12.5 Å². The fraction of sp³-hybridized carbons (Fsp3) is 0.900. The van der Waals surface area contributed by atoms with Crippen LogP contribution in [-0.2, 0) is 9.53 Å².